The van der Waals surface area contributed by atoms with Gasteiger partial charge >= 0.3 is 0 Å². The average molecular weight is 323 g/mol. The average Bonchev–Trinajstić information content (AvgIpc) is 2.94. The van der Waals surface area contributed by atoms with Gasteiger partial charge in [0, 0.05) is 6.42 Å². The largest absolute Gasteiger partial charge is 0.369 e. The van der Waals surface area contributed by atoms with Gasteiger partial charge in [-0.1, -0.05) is 92.9 Å². The molecule has 2 nitrogen and oxygen atoms in total. The Morgan fingerprint density at radius 3 is 1.91 bits per heavy atom. The van der Waals surface area contributed by atoms with Crippen LogP contribution < -0.4 is 5.32 Å². The third-order valence-electron chi connectivity index (χ3n) is 6.13. The third-order valence-corrected chi connectivity index (χ3v) is 6.13. The van der Waals surface area contributed by atoms with E-state index in [4.69, 9.17) is 4.99 Å². The number of aliphatic imine (C=N–C) groups is 1. The number of amidine groups is 1. The lowest BCUT2D eigenvalue weighted by Crippen LogP contribution is -2.49. The lowest BCUT2D eigenvalue weighted by molar-refractivity contribution is 0.0946. The van der Waals surface area contributed by atoms with E-state index in [1.165, 1.54) is 63.6 Å². The van der Waals surface area contributed by atoms with Crippen LogP contribution in [0.5, 0.6) is 0 Å². The van der Waals surface area contributed by atoms with Gasteiger partial charge in [0.1, 0.15) is 0 Å². The van der Waals surface area contributed by atoms with Crippen molar-refractivity contribution in [1.82, 2.24) is 5.32 Å². The molecule has 0 aromatic rings. The Labute approximate surface area is 145 Å². The Morgan fingerprint density at radius 2 is 1.39 bits per heavy atom. The van der Waals surface area contributed by atoms with Crippen LogP contribution in [0.1, 0.15) is 106 Å². The topological polar surface area (TPSA) is 24.4 Å². The van der Waals surface area contributed by atoms with E-state index < -0.39 is 0 Å². The summed E-state index contributed by atoms with van der Waals surface area (Å²) in [6, 6.07) is 0.496. The molecule has 0 saturated heterocycles. The van der Waals surface area contributed by atoms with Gasteiger partial charge in [0.15, 0.2) is 0 Å². The molecule has 1 aliphatic rings. The fraction of sp³-hybridized carbons (Fsp3) is 0.952. The highest BCUT2D eigenvalue weighted by atomic mass is 15.1. The normalized spacial score (nSPS) is 18.9. The van der Waals surface area contributed by atoms with E-state index in [9.17, 15) is 0 Å². The van der Waals surface area contributed by atoms with Crippen molar-refractivity contribution in [2.24, 2.45) is 15.8 Å². The summed E-state index contributed by atoms with van der Waals surface area (Å²) in [7, 11) is 0. The summed E-state index contributed by atoms with van der Waals surface area (Å²) in [4.78, 5) is 4.77. The lowest BCUT2D eigenvalue weighted by Gasteiger charge is -2.43. The van der Waals surface area contributed by atoms with Gasteiger partial charge in [-0.05, 0) is 17.3 Å². The fourth-order valence-electron chi connectivity index (χ4n) is 3.18. The molecule has 0 aromatic carbocycles. The van der Waals surface area contributed by atoms with Crippen molar-refractivity contribution >= 4 is 5.84 Å². The molecule has 2 heteroatoms. The van der Waals surface area contributed by atoms with Crippen LogP contribution in [-0.4, -0.2) is 18.4 Å². The molecule has 0 bridgehead atoms. The Kier molecular flexibility index (Phi) is 8.64. The molecular weight excluding hydrogens is 280 g/mol. The number of nitrogens with zero attached hydrogens (tertiary/aromatic N) is 1. The summed E-state index contributed by atoms with van der Waals surface area (Å²) in [5.74, 6) is 1.26. The van der Waals surface area contributed by atoms with E-state index >= 15 is 0 Å². The number of hydrogen-bond donors (Lipinski definition) is 1. The summed E-state index contributed by atoms with van der Waals surface area (Å²) in [6.07, 6.45) is 13.7. The summed E-state index contributed by atoms with van der Waals surface area (Å²) in [5.41, 5.74) is 0.560. The highest BCUT2D eigenvalue weighted by molar-refractivity contribution is 5.84. The van der Waals surface area contributed by atoms with Crippen LogP contribution in [0.15, 0.2) is 4.99 Å². The molecule has 1 unspecified atom stereocenters. The van der Waals surface area contributed by atoms with Crippen LogP contribution in [0, 0.1) is 10.8 Å². The SMILES string of the molecule is CCCCCCCCCCCC1=NCC(C(C)(C)C(C)(C)C)N1. The predicted octanol–water partition coefficient (Wildman–Crippen LogP) is 6.35. The molecule has 23 heavy (non-hydrogen) atoms. The van der Waals surface area contributed by atoms with Crippen LogP contribution in [0.25, 0.3) is 0 Å². The predicted molar refractivity (Wildman–Crippen MR) is 104 cm³/mol. The standard InChI is InChI=1S/C21H42N2/c1-7-8-9-10-11-12-13-14-15-16-19-22-17-18(23-19)21(5,6)20(2,3)4/h18H,7-17H2,1-6H3,(H,22,23). The molecule has 1 rings (SSSR count). The molecule has 0 spiro atoms. The zero-order valence-corrected chi connectivity index (χ0v) is 16.8. The highest BCUT2D eigenvalue weighted by Crippen LogP contribution is 2.41. The first-order valence-corrected chi connectivity index (χ1v) is 10.1. The minimum absolute atomic E-state index is 0.261. The van der Waals surface area contributed by atoms with E-state index in [2.05, 4.69) is 46.9 Å². The number of unbranched alkanes of at least 4 members (excludes halogenated alkanes) is 8. The molecule has 1 aliphatic heterocycles. The third kappa shape index (κ3) is 6.85. The number of nitrogens with one attached hydrogen (secondary N) is 1. The zero-order chi connectivity index (χ0) is 17.3. The van der Waals surface area contributed by atoms with E-state index in [1.807, 2.05) is 0 Å². The molecule has 0 aliphatic carbocycles. The molecule has 0 aromatic heterocycles. The molecule has 1 atom stereocenters. The molecule has 0 fully saturated rings. The fourth-order valence-corrected chi connectivity index (χ4v) is 3.18. The van der Waals surface area contributed by atoms with E-state index in [0.717, 1.165) is 13.0 Å². The maximum absolute atomic E-state index is 4.77. The molecular formula is C21H42N2. The van der Waals surface area contributed by atoms with Crippen molar-refractivity contribution < 1.29 is 0 Å². The summed E-state index contributed by atoms with van der Waals surface area (Å²) >= 11 is 0. The maximum Gasteiger partial charge on any atom is 0.0966 e. The highest BCUT2D eigenvalue weighted by Gasteiger charge is 2.41. The van der Waals surface area contributed by atoms with Gasteiger partial charge in [-0.15, -0.1) is 0 Å². The number of rotatable bonds is 11. The van der Waals surface area contributed by atoms with E-state index in [-0.39, 0.29) is 5.41 Å². The van der Waals surface area contributed by atoms with Crippen molar-refractivity contribution in [1.29, 1.82) is 0 Å². The van der Waals surface area contributed by atoms with Gasteiger partial charge in [0.2, 0.25) is 0 Å². The monoisotopic (exact) mass is 322 g/mol. The van der Waals surface area contributed by atoms with E-state index in [1.54, 1.807) is 0 Å². The first kappa shape index (κ1) is 20.5. The molecule has 1 heterocycles. The van der Waals surface area contributed by atoms with Crippen LogP contribution in [-0.2, 0) is 0 Å². The van der Waals surface area contributed by atoms with Gasteiger partial charge in [0.05, 0.1) is 18.4 Å². The minimum atomic E-state index is 0.261. The van der Waals surface area contributed by atoms with Gasteiger partial charge in [0.25, 0.3) is 0 Å². The Bertz CT molecular complexity index is 349. The molecule has 1 N–H and O–H groups in total. The van der Waals surface area contributed by atoms with Gasteiger partial charge in [-0.25, -0.2) is 0 Å². The van der Waals surface area contributed by atoms with Crippen molar-refractivity contribution in [2.45, 2.75) is 112 Å². The number of hydrogen-bond acceptors (Lipinski definition) is 2. The lowest BCUT2D eigenvalue weighted by atomic mass is 9.65. The second-order valence-corrected chi connectivity index (χ2v) is 9.03. The first-order chi connectivity index (χ1) is 10.8. The van der Waals surface area contributed by atoms with Crippen LogP contribution >= 0.6 is 0 Å². The smallest absolute Gasteiger partial charge is 0.0966 e. The maximum atomic E-state index is 4.77. The summed E-state index contributed by atoms with van der Waals surface area (Å²) < 4.78 is 0. The van der Waals surface area contributed by atoms with Crippen molar-refractivity contribution in [3.63, 3.8) is 0 Å². The van der Waals surface area contributed by atoms with E-state index in [0.29, 0.717) is 11.5 Å². The summed E-state index contributed by atoms with van der Waals surface area (Å²) in [6.45, 7) is 15.0. The first-order valence-electron chi connectivity index (χ1n) is 10.1. The molecule has 0 saturated carbocycles. The Balaban J connectivity index is 2.10. The second-order valence-electron chi connectivity index (χ2n) is 9.03. The van der Waals surface area contributed by atoms with Crippen molar-refractivity contribution in [3.05, 3.63) is 0 Å². The quantitative estimate of drug-likeness (QED) is 0.440. The van der Waals surface area contributed by atoms with Crippen LogP contribution in [0.2, 0.25) is 0 Å². The molecule has 0 radical (unpaired) electrons. The minimum Gasteiger partial charge on any atom is -0.369 e. The Morgan fingerprint density at radius 1 is 0.870 bits per heavy atom. The van der Waals surface area contributed by atoms with Gasteiger partial charge in [-0.3, -0.25) is 4.99 Å². The van der Waals surface area contributed by atoms with Gasteiger partial charge < -0.3 is 5.32 Å². The summed E-state index contributed by atoms with van der Waals surface area (Å²) in [5, 5.41) is 3.71. The van der Waals surface area contributed by atoms with Crippen LogP contribution in [0.4, 0.5) is 0 Å². The van der Waals surface area contributed by atoms with Crippen molar-refractivity contribution in [3.8, 4) is 0 Å². The second kappa shape index (κ2) is 9.69. The van der Waals surface area contributed by atoms with Gasteiger partial charge in [-0.2, -0.15) is 0 Å². The van der Waals surface area contributed by atoms with Crippen molar-refractivity contribution in [2.75, 3.05) is 6.54 Å². The molecule has 0 amide bonds. The molecule has 136 valence electrons. The van der Waals surface area contributed by atoms with Crippen LogP contribution in [0.3, 0.4) is 0 Å². The zero-order valence-electron chi connectivity index (χ0n) is 16.8. The Hall–Kier alpha value is -0.530.